The van der Waals surface area contributed by atoms with E-state index in [-0.39, 0.29) is 4.90 Å². The highest BCUT2D eigenvalue weighted by atomic mass is 32.2. The van der Waals surface area contributed by atoms with Gasteiger partial charge in [0.05, 0.1) is 15.2 Å². The summed E-state index contributed by atoms with van der Waals surface area (Å²) in [4.78, 5) is 4.88. The van der Waals surface area contributed by atoms with Crippen LogP contribution in [0.1, 0.15) is 37.5 Å². The Morgan fingerprint density at radius 2 is 1.56 bits per heavy atom. The molecule has 1 heterocycles. The molecule has 0 aliphatic rings. The van der Waals surface area contributed by atoms with Crippen LogP contribution in [0, 0.1) is 0 Å². The minimum absolute atomic E-state index is 0.289. The Hall–Kier alpha value is -3.29. The minimum Gasteiger partial charge on any atom is -0.256 e. The van der Waals surface area contributed by atoms with Gasteiger partial charge >= 0.3 is 0 Å². The van der Waals surface area contributed by atoms with Gasteiger partial charge in [0, 0.05) is 29.7 Å². The molecule has 186 valence electrons. The van der Waals surface area contributed by atoms with Crippen LogP contribution in [0.4, 0.5) is 0 Å². The van der Waals surface area contributed by atoms with Crippen molar-refractivity contribution >= 4 is 42.2 Å². The molecule has 0 amide bonds. The lowest BCUT2D eigenvalue weighted by Gasteiger charge is -2.24. The Bertz CT molecular complexity index is 1700. The summed E-state index contributed by atoms with van der Waals surface area (Å²) in [5.74, 6) is 0. The maximum absolute atomic E-state index is 12.6. The van der Waals surface area contributed by atoms with Gasteiger partial charge in [0.25, 0.3) is 0 Å². The SMILES string of the molecule is C/C(=C\c1cccc(-c2cc(C(C)(C)S(C)(=O)=O)cc3cccnc23)c1)c1ccc(S(C)(=O)=O)cc1. The maximum Gasteiger partial charge on any atom is 0.175 e. The Labute approximate surface area is 213 Å². The van der Waals surface area contributed by atoms with E-state index in [1.165, 1.54) is 12.5 Å². The van der Waals surface area contributed by atoms with E-state index in [1.54, 1.807) is 44.3 Å². The normalized spacial score (nSPS) is 13.2. The summed E-state index contributed by atoms with van der Waals surface area (Å²) in [5.41, 5.74) is 6.19. The Balaban J connectivity index is 1.81. The number of hydrogen-bond acceptors (Lipinski definition) is 5. The van der Waals surface area contributed by atoms with Crippen molar-refractivity contribution in [3.63, 3.8) is 0 Å². The first kappa shape index (κ1) is 25.8. The second kappa shape index (κ2) is 9.30. The van der Waals surface area contributed by atoms with Crippen LogP contribution in [0.2, 0.25) is 0 Å². The first-order valence-electron chi connectivity index (χ1n) is 11.5. The number of allylic oxidation sites excluding steroid dienone is 1. The van der Waals surface area contributed by atoms with E-state index in [9.17, 15) is 16.8 Å². The summed E-state index contributed by atoms with van der Waals surface area (Å²) in [5, 5.41) is 0.879. The predicted octanol–water partition coefficient (Wildman–Crippen LogP) is 6.15. The van der Waals surface area contributed by atoms with Crippen LogP contribution in [0.25, 0.3) is 33.7 Å². The second-order valence-corrected chi connectivity index (χ2v) is 14.2. The zero-order valence-corrected chi connectivity index (χ0v) is 22.6. The van der Waals surface area contributed by atoms with E-state index in [2.05, 4.69) is 11.1 Å². The third-order valence-corrected chi connectivity index (χ3v) is 9.86. The van der Waals surface area contributed by atoms with Gasteiger partial charge in [-0.3, -0.25) is 4.98 Å². The average molecular weight is 520 g/mol. The number of aromatic nitrogens is 1. The van der Waals surface area contributed by atoms with Crippen molar-refractivity contribution in [2.75, 3.05) is 12.5 Å². The van der Waals surface area contributed by atoms with Gasteiger partial charge in [-0.05, 0) is 85.0 Å². The average Bonchev–Trinajstić information content (AvgIpc) is 2.82. The second-order valence-electron chi connectivity index (χ2n) is 9.63. The summed E-state index contributed by atoms with van der Waals surface area (Å²) in [7, 11) is -6.60. The van der Waals surface area contributed by atoms with E-state index in [1.807, 2.05) is 55.5 Å². The number of fused-ring (bicyclic) bond motifs is 1. The highest BCUT2D eigenvalue weighted by molar-refractivity contribution is 7.91. The van der Waals surface area contributed by atoms with E-state index < -0.39 is 24.4 Å². The summed E-state index contributed by atoms with van der Waals surface area (Å²) in [6, 6.07) is 22.5. The van der Waals surface area contributed by atoms with Crippen LogP contribution in [0.15, 0.2) is 83.9 Å². The molecule has 0 N–H and O–H groups in total. The van der Waals surface area contributed by atoms with Crippen LogP contribution in [-0.4, -0.2) is 34.3 Å². The molecule has 0 saturated heterocycles. The molecular formula is C29H29NO4S2. The number of benzene rings is 3. The molecule has 0 atom stereocenters. The number of pyridine rings is 1. The smallest absolute Gasteiger partial charge is 0.175 e. The third kappa shape index (κ3) is 5.13. The first-order chi connectivity index (χ1) is 16.8. The van der Waals surface area contributed by atoms with Gasteiger partial charge in [0.2, 0.25) is 0 Å². The van der Waals surface area contributed by atoms with Crippen LogP contribution in [0.5, 0.6) is 0 Å². The number of rotatable bonds is 6. The van der Waals surface area contributed by atoms with Crippen molar-refractivity contribution in [2.45, 2.75) is 30.4 Å². The van der Waals surface area contributed by atoms with Gasteiger partial charge in [-0.1, -0.05) is 42.5 Å². The molecule has 4 rings (SSSR count). The van der Waals surface area contributed by atoms with Crippen molar-refractivity contribution in [3.8, 4) is 11.1 Å². The molecule has 3 aromatic carbocycles. The van der Waals surface area contributed by atoms with Crippen molar-refractivity contribution in [2.24, 2.45) is 0 Å². The molecule has 0 saturated carbocycles. The molecule has 5 nitrogen and oxygen atoms in total. The molecule has 0 aliphatic heterocycles. The molecule has 4 aromatic rings. The fraction of sp³-hybridized carbons (Fsp3) is 0.207. The summed E-state index contributed by atoms with van der Waals surface area (Å²) in [6.45, 7) is 5.43. The Kier molecular flexibility index (Phi) is 6.66. The topological polar surface area (TPSA) is 81.2 Å². The highest BCUT2D eigenvalue weighted by Crippen LogP contribution is 2.36. The van der Waals surface area contributed by atoms with Gasteiger partial charge in [-0.15, -0.1) is 0 Å². The highest BCUT2D eigenvalue weighted by Gasteiger charge is 2.33. The summed E-state index contributed by atoms with van der Waals surface area (Å²) in [6.07, 6.45) is 6.23. The molecule has 0 spiro atoms. The molecule has 0 aliphatic carbocycles. The van der Waals surface area contributed by atoms with E-state index in [4.69, 9.17) is 0 Å². The van der Waals surface area contributed by atoms with Crippen LogP contribution in [-0.2, 0) is 24.4 Å². The molecule has 7 heteroatoms. The van der Waals surface area contributed by atoms with E-state index in [0.717, 1.165) is 38.7 Å². The van der Waals surface area contributed by atoms with Gasteiger partial charge in [0.1, 0.15) is 0 Å². The third-order valence-electron chi connectivity index (χ3n) is 6.65. The van der Waals surface area contributed by atoms with E-state index in [0.29, 0.717) is 5.56 Å². The molecule has 0 bridgehead atoms. The van der Waals surface area contributed by atoms with E-state index >= 15 is 0 Å². The predicted molar refractivity (Wildman–Crippen MR) is 148 cm³/mol. The van der Waals surface area contributed by atoms with Crippen molar-refractivity contribution in [1.82, 2.24) is 4.98 Å². The van der Waals surface area contributed by atoms with Crippen LogP contribution >= 0.6 is 0 Å². The van der Waals surface area contributed by atoms with Gasteiger partial charge in [0.15, 0.2) is 19.7 Å². The summed E-state index contributed by atoms with van der Waals surface area (Å²) >= 11 is 0. The quantitative estimate of drug-likeness (QED) is 0.286. The maximum atomic E-state index is 12.6. The number of hydrogen-bond donors (Lipinski definition) is 0. The molecule has 36 heavy (non-hydrogen) atoms. The lowest BCUT2D eigenvalue weighted by molar-refractivity contribution is 0.561. The zero-order valence-electron chi connectivity index (χ0n) is 21.0. The fourth-order valence-corrected chi connectivity index (χ4v) is 5.24. The lowest BCUT2D eigenvalue weighted by Crippen LogP contribution is -2.28. The molecule has 0 fully saturated rings. The largest absolute Gasteiger partial charge is 0.256 e. The monoisotopic (exact) mass is 519 g/mol. The molecular weight excluding hydrogens is 490 g/mol. The molecule has 0 radical (unpaired) electrons. The number of nitrogens with zero attached hydrogens (tertiary/aromatic N) is 1. The lowest BCUT2D eigenvalue weighted by atomic mass is 9.92. The van der Waals surface area contributed by atoms with Gasteiger partial charge < -0.3 is 0 Å². The summed E-state index contributed by atoms with van der Waals surface area (Å²) < 4.78 is 47.6. The standard InChI is InChI=1S/C29H29NO4S2/c1-20(22-11-13-26(14-12-22)35(4,31)32)16-21-8-6-9-23(17-21)27-19-25(29(2,3)36(5,33)34)18-24-10-7-15-30-28(24)27/h6-19H,1-5H3/b20-16+. The zero-order chi connectivity index (χ0) is 26.3. The fourth-order valence-electron chi connectivity index (χ4n) is 4.07. The van der Waals surface area contributed by atoms with Crippen LogP contribution in [0.3, 0.4) is 0 Å². The first-order valence-corrected chi connectivity index (χ1v) is 15.2. The van der Waals surface area contributed by atoms with Crippen molar-refractivity contribution < 1.29 is 16.8 Å². The van der Waals surface area contributed by atoms with Crippen molar-refractivity contribution in [1.29, 1.82) is 0 Å². The van der Waals surface area contributed by atoms with Gasteiger partial charge in [-0.2, -0.15) is 0 Å². The molecule has 1 aromatic heterocycles. The minimum atomic E-state index is -3.36. The van der Waals surface area contributed by atoms with Gasteiger partial charge in [-0.25, -0.2) is 16.8 Å². The molecule has 0 unspecified atom stereocenters. The van der Waals surface area contributed by atoms with Crippen LogP contribution < -0.4 is 0 Å². The Morgan fingerprint density at radius 3 is 2.19 bits per heavy atom. The Morgan fingerprint density at radius 1 is 0.861 bits per heavy atom. The van der Waals surface area contributed by atoms with Crippen molar-refractivity contribution in [3.05, 3.63) is 95.7 Å². The number of sulfone groups is 2.